The average molecular weight is 651 g/mol. The molecule has 0 saturated carbocycles. The van der Waals surface area contributed by atoms with Gasteiger partial charge in [-0.15, -0.1) is 0 Å². The number of hydrogen-bond donors (Lipinski definition) is 0. The molecule has 1 fully saturated rings. The van der Waals surface area contributed by atoms with Gasteiger partial charge in [-0.25, -0.2) is 0 Å². The lowest BCUT2D eigenvalue weighted by Crippen LogP contribution is -2.62. The molecule has 1 aliphatic heterocycles. The molecule has 1 saturated heterocycles. The molecule has 4 rings (SSSR count). The molecule has 0 unspecified atom stereocenters. The van der Waals surface area contributed by atoms with E-state index in [-0.39, 0.29) is 0 Å². The van der Waals surface area contributed by atoms with Gasteiger partial charge in [0.15, 0.2) is 6.29 Å². The normalized spacial score (nSPS) is 22.4. The molecule has 0 spiro atoms. The third-order valence-corrected chi connectivity index (χ3v) is 11.3. The molecule has 0 amide bonds. The molecule has 0 aromatic heterocycles. The highest BCUT2D eigenvalue weighted by atomic mass is 28.3. The van der Waals surface area contributed by atoms with E-state index in [0.29, 0.717) is 39.6 Å². The van der Waals surface area contributed by atoms with E-state index in [4.69, 9.17) is 28.4 Å². The maximum absolute atomic E-state index is 6.81. The molecule has 3 aromatic rings. The first-order valence-corrected chi connectivity index (χ1v) is 23.8. The van der Waals surface area contributed by atoms with Gasteiger partial charge in [0.2, 0.25) is 0 Å². The highest BCUT2D eigenvalue weighted by molar-refractivity contribution is 6.76. The van der Waals surface area contributed by atoms with Gasteiger partial charge in [0.25, 0.3) is 0 Å². The molecule has 0 radical (unpaired) electrons. The lowest BCUT2D eigenvalue weighted by atomic mass is 9.98. The monoisotopic (exact) mass is 650 g/mol. The quantitative estimate of drug-likeness (QED) is 0.130. The summed E-state index contributed by atoms with van der Waals surface area (Å²) in [6.45, 7) is 17.1. The Morgan fingerprint density at radius 2 is 0.956 bits per heavy atom. The van der Waals surface area contributed by atoms with E-state index >= 15 is 0 Å². The van der Waals surface area contributed by atoms with E-state index in [9.17, 15) is 0 Å². The van der Waals surface area contributed by atoms with Gasteiger partial charge in [-0.05, 0) is 28.8 Å². The van der Waals surface area contributed by atoms with Crippen molar-refractivity contribution in [3.63, 3.8) is 0 Å². The fraction of sp³-hybridized carbons (Fsp3) is 0.514. The molecule has 246 valence electrons. The Kier molecular flexibility index (Phi) is 14.0. The van der Waals surface area contributed by atoms with Crippen LogP contribution in [0.5, 0.6) is 0 Å². The number of benzene rings is 3. The van der Waals surface area contributed by atoms with Crippen molar-refractivity contribution < 1.29 is 28.4 Å². The van der Waals surface area contributed by atoms with E-state index in [2.05, 4.69) is 75.7 Å². The topological polar surface area (TPSA) is 55.4 Å². The largest absolute Gasteiger partial charge is 0.374 e. The zero-order valence-electron chi connectivity index (χ0n) is 28.2. The van der Waals surface area contributed by atoms with E-state index in [1.54, 1.807) is 0 Å². The van der Waals surface area contributed by atoms with Crippen LogP contribution in [0.3, 0.4) is 0 Å². The second kappa shape index (κ2) is 17.7. The number of rotatable bonds is 18. The summed E-state index contributed by atoms with van der Waals surface area (Å²) in [4.78, 5) is 0. The van der Waals surface area contributed by atoms with Crippen LogP contribution in [0.25, 0.3) is 0 Å². The van der Waals surface area contributed by atoms with Gasteiger partial charge < -0.3 is 28.4 Å². The summed E-state index contributed by atoms with van der Waals surface area (Å²) in [6, 6.07) is 32.8. The smallest absolute Gasteiger partial charge is 0.186 e. The predicted molar refractivity (Wildman–Crippen MR) is 187 cm³/mol. The first-order chi connectivity index (χ1) is 21.6. The second-order valence-electron chi connectivity index (χ2n) is 14.4. The van der Waals surface area contributed by atoms with Crippen molar-refractivity contribution in [3.05, 3.63) is 108 Å². The van der Waals surface area contributed by atoms with Crippen molar-refractivity contribution in [2.45, 2.75) is 102 Å². The first kappa shape index (κ1) is 35.7. The van der Waals surface area contributed by atoms with Crippen molar-refractivity contribution in [2.75, 3.05) is 19.8 Å². The van der Waals surface area contributed by atoms with Crippen LogP contribution in [0.1, 0.15) is 16.7 Å². The summed E-state index contributed by atoms with van der Waals surface area (Å²) in [6.07, 6.45) is -2.30. The Morgan fingerprint density at radius 1 is 0.511 bits per heavy atom. The Balaban J connectivity index is 1.61. The van der Waals surface area contributed by atoms with Crippen LogP contribution in [-0.2, 0) is 48.2 Å². The molecule has 8 heteroatoms. The molecule has 1 heterocycles. The standard InChI is InChI=1S/C37H54O6Si2/c1-44(2,3)24-22-39-35-34(41-27-31-18-12-8-13-19-31)33(29-38-26-30-16-10-7-11-17-30)43-37(40-23-25-45(4,5)6)36(35)42-28-32-20-14-9-15-21-32/h7-21,33-37H,22-29H2,1-6H3/t33-,34+,35+,36-,37+/m1/s1. The van der Waals surface area contributed by atoms with Crippen LogP contribution in [0.15, 0.2) is 91.0 Å². The summed E-state index contributed by atoms with van der Waals surface area (Å²) in [5, 5.41) is 0. The van der Waals surface area contributed by atoms with Crippen molar-refractivity contribution in [2.24, 2.45) is 0 Å². The van der Waals surface area contributed by atoms with Crippen LogP contribution in [0.2, 0.25) is 51.4 Å². The summed E-state index contributed by atoms with van der Waals surface area (Å²) >= 11 is 0. The summed E-state index contributed by atoms with van der Waals surface area (Å²) in [5.41, 5.74) is 3.30. The molecular weight excluding hydrogens is 597 g/mol. The van der Waals surface area contributed by atoms with Crippen LogP contribution >= 0.6 is 0 Å². The Hall–Kier alpha value is -2.15. The Labute approximate surface area is 273 Å². The van der Waals surface area contributed by atoms with Gasteiger partial charge >= 0.3 is 0 Å². The molecule has 45 heavy (non-hydrogen) atoms. The molecule has 0 bridgehead atoms. The highest BCUT2D eigenvalue weighted by Crippen LogP contribution is 2.32. The number of ether oxygens (including phenoxy) is 6. The molecule has 6 nitrogen and oxygen atoms in total. The van der Waals surface area contributed by atoms with Crippen LogP contribution in [-0.4, -0.2) is 66.7 Å². The van der Waals surface area contributed by atoms with Gasteiger partial charge in [0, 0.05) is 29.4 Å². The minimum absolute atomic E-state index is 0.349. The Morgan fingerprint density at radius 3 is 1.44 bits per heavy atom. The molecule has 1 aliphatic rings. The van der Waals surface area contributed by atoms with Gasteiger partial charge in [0.1, 0.15) is 24.4 Å². The summed E-state index contributed by atoms with van der Waals surface area (Å²) in [7, 11) is -2.68. The van der Waals surface area contributed by atoms with Crippen molar-refractivity contribution >= 4 is 16.1 Å². The van der Waals surface area contributed by atoms with Crippen LogP contribution < -0.4 is 0 Å². The van der Waals surface area contributed by atoms with Crippen molar-refractivity contribution in [1.29, 1.82) is 0 Å². The first-order valence-electron chi connectivity index (χ1n) is 16.4. The fourth-order valence-corrected chi connectivity index (χ4v) is 6.56. The average Bonchev–Trinajstić information content (AvgIpc) is 3.00. The summed E-state index contributed by atoms with van der Waals surface area (Å²) in [5.74, 6) is 0. The third kappa shape index (κ3) is 12.9. The van der Waals surface area contributed by atoms with E-state index in [1.807, 2.05) is 54.6 Å². The van der Waals surface area contributed by atoms with E-state index in [0.717, 1.165) is 28.8 Å². The fourth-order valence-electron chi connectivity index (χ4n) is 5.10. The van der Waals surface area contributed by atoms with E-state index in [1.165, 1.54) is 0 Å². The minimum Gasteiger partial charge on any atom is -0.374 e. The van der Waals surface area contributed by atoms with Crippen LogP contribution in [0.4, 0.5) is 0 Å². The number of hydrogen-bond acceptors (Lipinski definition) is 6. The Bertz CT molecular complexity index is 1220. The lowest BCUT2D eigenvalue weighted by Gasteiger charge is -2.46. The lowest BCUT2D eigenvalue weighted by molar-refractivity contribution is -0.325. The van der Waals surface area contributed by atoms with Gasteiger partial charge in [0.05, 0.1) is 26.4 Å². The van der Waals surface area contributed by atoms with Gasteiger partial charge in [-0.2, -0.15) is 0 Å². The molecule has 3 aromatic carbocycles. The van der Waals surface area contributed by atoms with Crippen molar-refractivity contribution in [3.8, 4) is 0 Å². The zero-order valence-corrected chi connectivity index (χ0v) is 30.2. The third-order valence-electron chi connectivity index (χ3n) is 7.85. The molecular formula is C37H54O6Si2. The van der Waals surface area contributed by atoms with Gasteiger partial charge in [-0.3, -0.25) is 0 Å². The SMILES string of the molecule is C[Si](C)(C)CCO[C@H]1O[C@H](COCc2ccccc2)[C@H](OCc2ccccc2)[C@H](OCC[Si](C)(C)C)[C@H]1OCc1ccccc1. The minimum atomic E-state index is -1.35. The maximum Gasteiger partial charge on any atom is 0.186 e. The van der Waals surface area contributed by atoms with Gasteiger partial charge in [-0.1, -0.05) is 130 Å². The van der Waals surface area contributed by atoms with Crippen LogP contribution in [0, 0.1) is 0 Å². The molecule has 5 atom stereocenters. The molecule has 0 N–H and O–H groups in total. The van der Waals surface area contributed by atoms with E-state index < -0.39 is 46.9 Å². The second-order valence-corrected chi connectivity index (χ2v) is 25.6. The highest BCUT2D eigenvalue weighted by Gasteiger charge is 2.49. The zero-order chi connectivity index (χ0) is 32.1. The summed E-state index contributed by atoms with van der Waals surface area (Å²) < 4.78 is 39.8. The maximum atomic E-state index is 6.81. The molecule has 0 aliphatic carbocycles. The predicted octanol–water partition coefficient (Wildman–Crippen LogP) is 8.18. The van der Waals surface area contributed by atoms with Crippen molar-refractivity contribution in [1.82, 2.24) is 0 Å².